The Balaban J connectivity index is 1.55. The van der Waals surface area contributed by atoms with E-state index in [1.54, 1.807) is 25.3 Å². The highest BCUT2D eigenvalue weighted by molar-refractivity contribution is 8.15. The maximum absolute atomic E-state index is 9.19. The van der Waals surface area contributed by atoms with Crippen LogP contribution < -0.4 is 10.2 Å². The SMILES string of the molecule is CC(=N)/C(C)=C1\C(=N)Sc2c1ncnc2N1CC(Nc2ncccc2C#N)C1. The van der Waals surface area contributed by atoms with Gasteiger partial charge in [0.2, 0.25) is 0 Å². The van der Waals surface area contributed by atoms with Crippen molar-refractivity contribution in [2.45, 2.75) is 24.8 Å². The summed E-state index contributed by atoms with van der Waals surface area (Å²) in [5, 5.41) is 29.1. The van der Waals surface area contributed by atoms with E-state index in [1.807, 2.05) is 6.92 Å². The van der Waals surface area contributed by atoms with E-state index in [2.05, 4.69) is 31.2 Å². The number of hydrogen-bond donors (Lipinski definition) is 3. The highest BCUT2D eigenvalue weighted by Crippen LogP contribution is 2.45. The molecule has 0 amide bonds. The Bertz CT molecular complexity index is 1060. The molecule has 3 N–H and O–H groups in total. The van der Waals surface area contributed by atoms with Crippen LogP contribution >= 0.6 is 11.8 Å². The normalized spacial score (nSPS) is 17.6. The van der Waals surface area contributed by atoms with Gasteiger partial charge in [-0.25, -0.2) is 15.0 Å². The summed E-state index contributed by atoms with van der Waals surface area (Å²) in [5.41, 5.74) is 3.18. The van der Waals surface area contributed by atoms with Crippen LogP contribution in [0.25, 0.3) is 5.57 Å². The number of allylic oxidation sites excluding steroid dienone is 1. The standard InChI is InChI=1S/C19H18N8S/c1-10(11(2)21)14-15-16(28-17(14)22)19(25-9-24-15)27-7-13(8-27)26-18-12(6-20)4-3-5-23-18/h3-5,9,13,21-22H,7-8H2,1-2H3,(H,23,26)/b14-10-,21-11?,22-17?. The number of rotatable bonds is 4. The van der Waals surface area contributed by atoms with Gasteiger partial charge < -0.3 is 15.6 Å². The van der Waals surface area contributed by atoms with E-state index in [0.29, 0.717) is 22.1 Å². The molecule has 0 atom stereocenters. The summed E-state index contributed by atoms with van der Waals surface area (Å²) in [7, 11) is 0. The van der Waals surface area contributed by atoms with Gasteiger partial charge >= 0.3 is 0 Å². The number of anilines is 2. The summed E-state index contributed by atoms with van der Waals surface area (Å²) in [4.78, 5) is 16.1. The number of nitriles is 1. The number of pyridine rings is 1. The van der Waals surface area contributed by atoms with Crippen molar-refractivity contribution in [3.8, 4) is 6.07 Å². The quantitative estimate of drug-likeness (QED) is 0.685. The molecule has 2 aromatic rings. The maximum atomic E-state index is 9.19. The van der Waals surface area contributed by atoms with Crippen LogP contribution in [-0.2, 0) is 0 Å². The van der Waals surface area contributed by atoms with E-state index in [0.717, 1.165) is 40.6 Å². The van der Waals surface area contributed by atoms with Crippen molar-refractivity contribution >= 4 is 39.7 Å². The third-order valence-corrected chi connectivity index (χ3v) is 5.83. The second-order valence-electron chi connectivity index (χ2n) is 6.69. The average Bonchev–Trinajstić information content (AvgIpc) is 3.00. The van der Waals surface area contributed by atoms with Crippen molar-refractivity contribution in [3.05, 3.63) is 41.5 Å². The highest BCUT2D eigenvalue weighted by Gasteiger charge is 2.35. The molecule has 0 aromatic carbocycles. The van der Waals surface area contributed by atoms with Gasteiger partial charge in [-0.3, -0.25) is 5.41 Å². The third-order valence-electron chi connectivity index (χ3n) is 4.84. The zero-order chi connectivity index (χ0) is 19.8. The van der Waals surface area contributed by atoms with E-state index < -0.39 is 0 Å². The van der Waals surface area contributed by atoms with Crippen LogP contribution in [0.5, 0.6) is 0 Å². The highest BCUT2D eigenvalue weighted by atomic mass is 32.2. The summed E-state index contributed by atoms with van der Waals surface area (Å²) < 4.78 is 0. The van der Waals surface area contributed by atoms with Crippen molar-refractivity contribution in [3.63, 3.8) is 0 Å². The second kappa shape index (κ2) is 7.05. The molecule has 1 saturated heterocycles. The molecule has 140 valence electrons. The fourth-order valence-corrected chi connectivity index (χ4v) is 4.28. The summed E-state index contributed by atoms with van der Waals surface area (Å²) in [6.07, 6.45) is 3.19. The van der Waals surface area contributed by atoms with Crippen LogP contribution in [0.15, 0.2) is 35.1 Å². The lowest BCUT2D eigenvalue weighted by molar-refractivity contribution is 0.538. The average molecular weight is 390 g/mol. The molecule has 0 spiro atoms. The number of aromatic nitrogens is 3. The van der Waals surface area contributed by atoms with Crippen molar-refractivity contribution in [1.29, 1.82) is 16.1 Å². The summed E-state index contributed by atoms with van der Waals surface area (Å²) >= 11 is 1.35. The molecule has 0 saturated carbocycles. The lowest BCUT2D eigenvalue weighted by Gasteiger charge is -2.41. The molecule has 0 radical (unpaired) electrons. The molecule has 1 fully saturated rings. The Morgan fingerprint density at radius 2 is 2.11 bits per heavy atom. The van der Waals surface area contributed by atoms with Crippen molar-refractivity contribution in [1.82, 2.24) is 15.0 Å². The van der Waals surface area contributed by atoms with Gasteiger partial charge in [0, 0.05) is 30.6 Å². The lowest BCUT2D eigenvalue weighted by Crippen LogP contribution is -2.55. The number of nitrogens with zero attached hydrogens (tertiary/aromatic N) is 5. The molecule has 28 heavy (non-hydrogen) atoms. The Morgan fingerprint density at radius 3 is 2.82 bits per heavy atom. The predicted molar refractivity (Wildman–Crippen MR) is 110 cm³/mol. The first-order valence-electron chi connectivity index (χ1n) is 8.74. The number of nitrogens with one attached hydrogen (secondary N) is 3. The fraction of sp³-hybridized carbons (Fsp3) is 0.263. The second-order valence-corrected chi connectivity index (χ2v) is 7.71. The summed E-state index contributed by atoms with van der Waals surface area (Å²) in [6.45, 7) is 5.02. The maximum Gasteiger partial charge on any atom is 0.146 e. The van der Waals surface area contributed by atoms with Gasteiger partial charge in [0.25, 0.3) is 0 Å². The van der Waals surface area contributed by atoms with Gasteiger partial charge in [-0.2, -0.15) is 5.26 Å². The van der Waals surface area contributed by atoms with Gasteiger partial charge in [0.1, 0.15) is 29.1 Å². The van der Waals surface area contributed by atoms with Crippen molar-refractivity contribution in [2.24, 2.45) is 0 Å². The predicted octanol–water partition coefficient (Wildman–Crippen LogP) is 2.94. The van der Waals surface area contributed by atoms with E-state index in [4.69, 9.17) is 10.8 Å². The van der Waals surface area contributed by atoms with E-state index in [9.17, 15) is 5.26 Å². The lowest BCUT2D eigenvalue weighted by atomic mass is 10.0. The minimum atomic E-state index is 0.166. The Morgan fingerprint density at radius 1 is 1.32 bits per heavy atom. The molecule has 2 aliphatic heterocycles. The third kappa shape index (κ3) is 3.01. The van der Waals surface area contributed by atoms with Crippen LogP contribution in [0, 0.1) is 22.1 Å². The topological polar surface area (TPSA) is 125 Å². The Labute approximate surface area is 166 Å². The zero-order valence-electron chi connectivity index (χ0n) is 15.4. The van der Waals surface area contributed by atoms with Gasteiger partial charge in [-0.05, 0) is 31.6 Å². The van der Waals surface area contributed by atoms with Crippen LogP contribution in [0.3, 0.4) is 0 Å². The molecule has 2 aromatic heterocycles. The smallest absolute Gasteiger partial charge is 0.146 e. The first kappa shape index (κ1) is 18.1. The van der Waals surface area contributed by atoms with Gasteiger partial charge in [0.15, 0.2) is 0 Å². The molecular formula is C19H18N8S. The van der Waals surface area contributed by atoms with Crippen LogP contribution in [0.4, 0.5) is 11.6 Å². The minimum absolute atomic E-state index is 0.166. The Hall–Kier alpha value is -3.25. The summed E-state index contributed by atoms with van der Waals surface area (Å²) in [5.74, 6) is 1.41. The molecule has 0 aliphatic carbocycles. The van der Waals surface area contributed by atoms with Crippen molar-refractivity contribution < 1.29 is 0 Å². The first-order valence-corrected chi connectivity index (χ1v) is 9.56. The van der Waals surface area contributed by atoms with Crippen LogP contribution in [0.1, 0.15) is 25.1 Å². The molecule has 9 heteroatoms. The van der Waals surface area contributed by atoms with E-state index in [1.165, 1.54) is 18.1 Å². The fourth-order valence-electron chi connectivity index (χ4n) is 3.20. The largest absolute Gasteiger partial charge is 0.363 e. The first-order chi connectivity index (χ1) is 13.5. The van der Waals surface area contributed by atoms with Crippen LogP contribution in [-0.4, -0.2) is 44.8 Å². The van der Waals surface area contributed by atoms with Gasteiger partial charge in [-0.1, -0.05) is 11.8 Å². The van der Waals surface area contributed by atoms with Crippen LogP contribution in [0.2, 0.25) is 0 Å². The minimum Gasteiger partial charge on any atom is -0.363 e. The van der Waals surface area contributed by atoms with E-state index >= 15 is 0 Å². The zero-order valence-corrected chi connectivity index (χ0v) is 16.3. The molecule has 8 nitrogen and oxygen atoms in total. The monoisotopic (exact) mass is 390 g/mol. The number of hydrogen-bond acceptors (Lipinski definition) is 9. The number of thioether (sulfide) groups is 1. The van der Waals surface area contributed by atoms with Crippen molar-refractivity contribution in [2.75, 3.05) is 23.3 Å². The molecular weight excluding hydrogens is 372 g/mol. The molecule has 0 unspecified atom stereocenters. The molecule has 4 heterocycles. The summed E-state index contributed by atoms with van der Waals surface area (Å²) in [6, 6.07) is 5.80. The number of fused-ring (bicyclic) bond motifs is 1. The van der Waals surface area contributed by atoms with Gasteiger partial charge in [0.05, 0.1) is 22.2 Å². The molecule has 0 bridgehead atoms. The molecule has 4 rings (SSSR count). The Kier molecular flexibility index (Phi) is 4.57. The molecule has 2 aliphatic rings. The van der Waals surface area contributed by atoms with E-state index in [-0.39, 0.29) is 6.04 Å². The van der Waals surface area contributed by atoms with Gasteiger partial charge in [-0.15, -0.1) is 0 Å².